The van der Waals surface area contributed by atoms with Crippen LogP contribution in [0.25, 0.3) is 0 Å². The van der Waals surface area contributed by atoms with Crippen molar-refractivity contribution in [3.05, 3.63) is 65.2 Å². The molecule has 0 aliphatic carbocycles. The zero-order chi connectivity index (χ0) is 17.8. The van der Waals surface area contributed by atoms with Gasteiger partial charge in [0.05, 0.1) is 0 Å². The summed E-state index contributed by atoms with van der Waals surface area (Å²) in [5.41, 5.74) is 2.88. The van der Waals surface area contributed by atoms with Crippen LogP contribution < -0.4 is 5.32 Å². The van der Waals surface area contributed by atoms with Crippen molar-refractivity contribution in [3.63, 3.8) is 0 Å². The number of rotatable bonds is 3. The summed E-state index contributed by atoms with van der Waals surface area (Å²) in [6.45, 7) is 5.16. The second kappa shape index (κ2) is 7.49. The molecule has 0 unspecified atom stereocenters. The molecule has 1 fully saturated rings. The molecule has 0 saturated carbocycles. The average molecular weight is 337 g/mol. The van der Waals surface area contributed by atoms with E-state index in [0.29, 0.717) is 11.1 Å². The molecule has 2 aromatic carbocycles. The van der Waals surface area contributed by atoms with Gasteiger partial charge in [0.2, 0.25) is 0 Å². The topological polar surface area (TPSA) is 52.7 Å². The van der Waals surface area contributed by atoms with Crippen LogP contribution in [0.1, 0.15) is 26.3 Å². The Balaban J connectivity index is 1.72. The first kappa shape index (κ1) is 17.2. The quantitative estimate of drug-likeness (QED) is 0.937. The highest BCUT2D eigenvalue weighted by Gasteiger charge is 2.21. The molecule has 25 heavy (non-hydrogen) atoms. The number of aryl methyl sites for hydroxylation is 1. The van der Waals surface area contributed by atoms with E-state index in [0.717, 1.165) is 37.4 Å². The van der Waals surface area contributed by atoms with Gasteiger partial charge in [-0.2, -0.15) is 0 Å². The minimum atomic E-state index is -0.210. The van der Waals surface area contributed by atoms with Gasteiger partial charge in [0.25, 0.3) is 11.8 Å². The minimum absolute atomic E-state index is 0.0155. The fraction of sp³-hybridized carbons (Fsp3) is 0.300. The lowest BCUT2D eigenvalue weighted by molar-refractivity contribution is 0.0664. The largest absolute Gasteiger partial charge is 0.336 e. The number of anilines is 1. The Labute approximate surface area is 148 Å². The summed E-state index contributed by atoms with van der Waals surface area (Å²) < 4.78 is 0. The predicted molar refractivity (Wildman–Crippen MR) is 99.0 cm³/mol. The molecule has 0 aromatic heterocycles. The van der Waals surface area contributed by atoms with Crippen LogP contribution >= 0.6 is 0 Å². The first-order valence-corrected chi connectivity index (χ1v) is 8.49. The smallest absolute Gasteiger partial charge is 0.255 e. The van der Waals surface area contributed by atoms with Crippen molar-refractivity contribution in [2.24, 2.45) is 0 Å². The monoisotopic (exact) mass is 337 g/mol. The van der Waals surface area contributed by atoms with Gasteiger partial charge < -0.3 is 15.1 Å². The second-order valence-electron chi connectivity index (χ2n) is 6.50. The van der Waals surface area contributed by atoms with E-state index in [-0.39, 0.29) is 11.8 Å². The van der Waals surface area contributed by atoms with Crippen LogP contribution in [0.4, 0.5) is 5.69 Å². The van der Waals surface area contributed by atoms with Crippen molar-refractivity contribution < 1.29 is 9.59 Å². The number of piperazine rings is 1. The normalized spacial score (nSPS) is 15.0. The lowest BCUT2D eigenvalue weighted by Gasteiger charge is -2.32. The third-order valence-corrected chi connectivity index (χ3v) is 4.44. The highest BCUT2D eigenvalue weighted by molar-refractivity contribution is 6.06. The highest BCUT2D eigenvalue weighted by atomic mass is 16.2. The third-order valence-electron chi connectivity index (χ3n) is 4.44. The van der Waals surface area contributed by atoms with Crippen molar-refractivity contribution >= 4 is 17.5 Å². The first-order valence-electron chi connectivity index (χ1n) is 8.49. The number of nitrogens with zero attached hydrogens (tertiary/aromatic N) is 2. The number of likely N-dealkylation sites (N-methyl/N-ethyl adjacent to an activating group) is 1. The van der Waals surface area contributed by atoms with Gasteiger partial charge in [0.1, 0.15) is 0 Å². The second-order valence-corrected chi connectivity index (χ2v) is 6.50. The standard InChI is InChI=1S/C20H23N3O2/c1-15-5-3-8-18(13-15)21-19(24)16-6-4-7-17(14-16)20(25)23-11-9-22(2)10-12-23/h3-8,13-14H,9-12H2,1-2H3,(H,21,24). The van der Waals surface area contributed by atoms with Crippen molar-refractivity contribution in [3.8, 4) is 0 Å². The van der Waals surface area contributed by atoms with E-state index < -0.39 is 0 Å². The fourth-order valence-electron chi connectivity index (χ4n) is 2.91. The molecule has 5 nitrogen and oxygen atoms in total. The molecule has 0 radical (unpaired) electrons. The Hall–Kier alpha value is -2.66. The van der Waals surface area contributed by atoms with Gasteiger partial charge in [-0.05, 0) is 49.9 Å². The average Bonchev–Trinajstić information content (AvgIpc) is 2.62. The summed E-state index contributed by atoms with van der Waals surface area (Å²) in [5, 5.41) is 2.88. The Kier molecular flexibility index (Phi) is 5.14. The van der Waals surface area contributed by atoms with Crippen LogP contribution in [-0.2, 0) is 0 Å². The SMILES string of the molecule is Cc1cccc(NC(=O)c2cccc(C(=O)N3CCN(C)CC3)c2)c1. The Morgan fingerprint density at radius 2 is 1.60 bits per heavy atom. The van der Waals surface area contributed by atoms with Gasteiger partial charge in [0, 0.05) is 43.0 Å². The minimum Gasteiger partial charge on any atom is -0.336 e. The van der Waals surface area contributed by atoms with E-state index in [2.05, 4.69) is 17.3 Å². The third kappa shape index (κ3) is 4.25. The van der Waals surface area contributed by atoms with Crippen LogP contribution in [0.15, 0.2) is 48.5 Å². The molecule has 1 saturated heterocycles. The van der Waals surface area contributed by atoms with Gasteiger partial charge >= 0.3 is 0 Å². The summed E-state index contributed by atoms with van der Waals surface area (Å²) in [4.78, 5) is 29.2. The van der Waals surface area contributed by atoms with Gasteiger partial charge in [-0.1, -0.05) is 18.2 Å². The lowest BCUT2D eigenvalue weighted by Crippen LogP contribution is -2.47. The molecule has 3 rings (SSSR count). The number of benzene rings is 2. The first-order chi connectivity index (χ1) is 12.0. The number of hydrogen-bond acceptors (Lipinski definition) is 3. The number of carbonyl (C=O) groups excluding carboxylic acids is 2. The molecule has 0 spiro atoms. The van der Waals surface area contributed by atoms with Crippen molar-refractivity contribution in [2.45, 2.75) is 6.92 Å². The molecule has 1 heterocycles. The Morgan fingerprint density at radius 3 is 2.32 bits per heavy atom. The molecule has 1 aliphatic heterocycles. The van der Waals surface area contributed by atoms with E-state index in [1.54, 1.807) is 24.3 Å². The van der Waals surface area contributed by atoms with Crippen LogP contribution in [0.2, 0.25) is 0 Å². The number of carbonyl (C=O) groups is 2. The lowest BCUT2D eigenvalue weighted by atomic mass is 10.1. The fourth-order valence-corrected chi connectivity index (χ4v) is 2.91. The molecule has 1 aliphatic rings. The van der Waals surface area contributed by atoms with Crippen molar-refractivity contribution in [1.29, 1.82) is 0 Å². The number of hydrogen-bond donors (Lipinski definition) is 1. The van der Waals surface area contributed by atoms with Crippen molar-refractivity contribution in [1.82, 2.24) is 9.80 Å². The van der Waals surface area contributed by atoms with Gasteiger partial charge in [-0.15, -0.1) is 0 Å². The summed E-state index contributed by atoms with van der Waals surface area (Å²) in [5.74, 6) is -0.225. The maximum absolute atomic E-state index is 12.7. The molecular formula is C20H23N3O2. The van der Waals surface area contributed by atoms with Crippen molar-refractivity contribution in [2.75, 3.05) is 38.5 Å². The summed E-state index contributed by atoms with van der Waals surface area (Å²) >= 11 is 0. The van der Waals surface area contributed by atoms with Crippen LogP contribution in [0, 0.1) is 6.92 Å². The Bertz CT molecular complexity index is 780. The van der Waals surface area contributed by atoms with Gasteiger partial charge in [-0.25, -0.2) is 0 Å². The zero-order valence-corrected chi connectivity index (χ0v) is 14.7. The van der Waals surface area contributed by atoms with E-state index in [1.165, 1.54) is 0 Å². The highest BCUT2D eigenvalue weighted by Crippen LogP contribution is 2.14. The zero-order valence-electron chi connectivity index (χ0n) is 14.7. The summed E-state index contributed by atoms with van der Waals surface area (Å²) in [6.07, 6.45) is 0. The number of nitrogens with one attached hydrogen (secondary N) is 1. The van der Waals surface area contributed by atoms with Crippen LogP contribution in [0.3, 0.4) is 0 Å². The van der Waals surface area contributed by atoms with E-state index in [4.69, 9.17) is 0 Å². The molecule has 2 amide bonds. The molecular weight excluding hydrogens is 314 g/mol. The van der Waals surface area contributed by atoms with Crippen LogP contribution in [-0.4, -0.2) is 54.8 Å². The summed E-state index contributed by atoms with van der Waals surface area (Å²) in [6, 6.07) is 14.6. The molecule has 1 N–H and O–H groups in total. The molecule has 0 bridgehead atoms. The number of amides is 2. The van der Waals surface area contributed by atoms with Crippen LogP contribution in [0.5, 0.6) is 0 Å². The van der Waals surface area contributed by atoms with Gasteiger partial charge in [-0.3, -0.25) is 9.59 Å². The maximum Gasteiger partial charge on any atom is 0.255 e. The van der Waals surface area contributed by atoms with Gasteiger partial charge in [0.15, 0.2) is 0 Å². The van der Waals surface area contributed by atoms with E-state index >= 15 is 0 Å². The Morgan fingerprint density at radius 1 is 0.920 bits per heavy atom. The van der Waals surface area contributed by atoms with E-state index in [9.17, 15) is 9.59 Å². The molecule has 0 atom stereocenters. The molecule has 2 aromatic rings. The van der Waals surface area contributed by atoms with E-state index in [1.807, 2.05) is 36.1 Å². The maximum atomic E-state index is 12.7. The molecule has 5 heteroatoms. The predicted octanol–water partition coefficient (Wildman–Crippen LogP) is 2.63. The molecule has 130 valence electrons. The summed E-state index contributed by atoms with van der Waals surface area (Å²) in [7, 11) is 2.05.